The zero-order chi connectivity index (χ0) is 20.3. The minimum Gasteiger partial charge on any atom is -0.487 e. The number of nitro benzene ring substituents is 1. The van der Waals surface area contributed by atoms with E-state index in [0.29, 0.717) is 28.1 Å². The Labute approximate surface area is 171 Å². The van der Waals surface area contributed by atoms with Crippen LogP contribution < -0.4 is 10.1 Å². The van der Waals surface area contributed by atoms with Crippen LogP contribution in [0.5, 0.6) is 5.75 Å². The van der Waals surface area contributed by atoms with E-state index in [4.69, 9.17) is 28.6 Å². The number of halogens is 1. The third kappa shape index (κ3) is 4.29. The molecule has 1 saturated heterocycles. The molecule has 0 aliphatic carbocycles. The number of nitrogens with zero attached hydrogens (tertiary/aromatic N) is 2. The number of thiocarbonyl (C=S) groups is 1. The van der Waals surface area contributed by atoms with Crippen LogP contribution in [-0.4, -0.2) is 27.4 Å². The highest BCUT2D eigenvalue weighted by atomic mass is 35.5. The van der Waals surface area contributed by atoms with E-state index in [1.807, 2.05) is 6.92 Å². The zero-order valence-corrected chi connectivity index (χ0v) is 16.4. The second-order valence-electron chi connectivity index (χ2n) is 5.94. The molecule has 1 aliphatic heterocycles. The van der Waals surface area contributed by atoms with Crippen molar-refractivity contribution < 1.29 is 14.5 Å². The van der Waals surface area contributed by atoms with Gasteiger partial charge in [0.25, 0.3) is 11.6 Å². The summed E-state index contributed by atoms with van der Waals surface area (Å²) in [5.74, 6) is 0.292. The number of rotatable bonds is 6. The monoisotopic (exact) mass is 417 g/mol. The summed E-state index contributed by atoms with van der Waals surface area (Å²) in [7, 11) is 0. The summed E-state index contributed by atoms with van der Waals surface area (Å²) >= 11 is 11.4. The highest BCUT2D eigenvalue weighted by Gasteiger charge is 2.28. The lowest BCUT2D eigenvalue weighted by atomic mass is 10.1. The lowest BCUT2D eigenvalue weighted by Crippen LogP contribution is -2.30. The molecular weight excluding hydrogens is 402 g/mol. The molecule has 3 rings (SSSR count). The summed E-state index contributed by atoms with van der Waals surface area (Å²) in [5, 5.41) is 14.3. The van der Waals surface area contributed by atoms with E-state index in [2.05, 4.69) is 5.32 Å². The predicted octanol–water partition coefficient (Wildman–Crippen LogP) is 3.90. The second kappa shape index (κ2) is 8.37. The van der Waals surface area contributed by atoms with E-state index in [1.165, 1.54) is 17.0 Å². The van der Waals surface area contributed by atoms with Gasteiger partial charge in [-0.05, 0) is 60.6 Å². The molecule has 1 N–H and O–H groups in total. The van der Waals surface area contributed by atoms with Gasteiger partial charge < -0.3 is 10.1 Å². The Morgan fingerprint density at radius 1 is 1.29 bits per heavy atom. The Balaban J connectivity index is 1.69. The number of amides is 1. The van der Waals surface area contributed by atoms with E-state index in [1.54, 1.807) is 36.4 Å². The van der Waals surface area contributed by atoms with Crippen molar-refractivity contribution in [2.75, 3.05) is 6.54 Å². The number of non-ortho nitro benzene ring substituents is 1. The van der Waals surface area contributed by atoms with E-state index in [9.17, 15) is 14.9 Å². The predicted molar refractivity (Wildman–Crippen MR) is 110 cm³/mol. The van der Waals surface area contributed by atoms with Crippen molar-refractivity contribution >= 4 is 46.6 Å². The van der Waals surface area contributed by atoms with Gasteiger partial charge in [0.1, 0.15) is 18.1 Å². The molecule has 0 unspecified atom stereocenters. The smallest absolute Gasteiger partial charge is 0.276 e. The molecule has 28 heavy (non-hydrogen) atoms. The molecule has 1 heterocycles. The standard InChI is InChI=1S/C19H16ClN3O4S/c1-2-22-18(24)16(21-19(22)28)10-13-5-8-17(15(20)9-13)27-11-12-3-6-14(7-4-12)23(25)26/h3-10H,2,11H2,1H3,(H,21,28). The number of benzene rings is 2. The molecule has 1 amide bonds. The van der Waals surface area contributed by atoms with Crippen molar-refractivity contribution in [3.05, 3.63) is 74.4 Å². The molecule has 0 saturated carbocycles. The minimum atomic E-state index is -0.453. The van der Waals surface area contributed by atoms with Crippen molar-refractivity contribution in [3.8, 4) is 5.75 Å². The maximum Gasteiger partial charge on any atom is 0.276 e. The number of ether oxygens (including phenoxy) is 1. The molecule has 1 aliphatic rings. The van der Waals surface area contributed by atoms with Gasteiger partial charge in [-0.2, -0.15) is 0 Å². The van der Waals surface area contributed by atoms with Crippen LogP contribution in [0.3, 0.4) is 0 Å². The number of hydrogen-bond acceptors (Lipinski definition) is 5. The molecule has 1 fully saturated rings. The second-order valence-corrected chi connectivity index (χ2v) is 6.73. The lowest BCUT2D eigenvalue weighted by molar-refractivity contribution is -0.384. The highest BCUT2D eigenvalue weighted by Crippen LogP contribution is 2.28. The molecule has 0 atom stereocenters. The third-order valence-corrected chi connectivity index (χ3v) is 4.70. The average Bonchev–Trinajstić information content (AvgIpc) is 2.94. The normalized spacial score (nSPS) is 15.1. The molecule has 0 bridgehead atoms. The molecular formula is C19H16ClN3O4S. The first kappa shape index (κ1) is 19.8. The number of hydrogen-bond donors (Lipinski definition) is 1. The Bertz CT molecular complexity index is 976. The molecule has 0 aromatic heterocycles. The first-order valence-corrected chi connectivity index (χ1v) is 9.18. The SMILES string of the molecule is CCN1C(=O)C(=Cc2ccc(OCc3ccc([N+](=O)[O-])cc3)c(Cl)c2)NC1=S. The molecule has 0 spiro atoms. The van der Waals surface area contributed by atoms with Crippen LogP contribution in [0.25, 0.3) is 6.08 Å². The Morgan fingerprint density at radius 3 is 2.57 bits per heavy atom. The molecule has 7 nitrogen and oxygen atoms in total. The van der Waals surface area contributed by atoms with Gasteiger partial charge in [0.05, 0.1) is 9.95 Å². The maximum atomic E-state index is 12.2. The van der Waals surface area contributed by atoms with Crippen LogP contribution >= 0.6 is 23.8 Å². The van der Waals surface area contributed by atoms with E-state index in [0.717, 1.165) is 11.1 Å². The van der Waals surface area contributed by atoms with E-state index in [-0.39, 0.29) is 18.2 Å². The highest BCUT2D eigenvalue weighted by molar-refractivity contribution is 7.80. The van der Waals surface area contributed by atoms with Crippen molar-refractivity contribution in [3.63, 3.8) is 0 Å². The summed E-state index contributed by atoms with van der Waals surface area (Å²) in [6.07, 6.45) is 1.68. The summed E-state index contributed by atoms with van der Waals surface area (Å²) < 4.78 is 5.69. The van der Waals surface area contributed by atoms with Crippen molar-refractivity contribution in [2.45, 2.75) is 13.5 Å². The van der Waals surface area contributed by atoms with Crippen LogP contribution in [-0.2, 0) is 11.4 Å². The van der Waals surface area contributed by atoms with Crippen molar-refractivity contribution in [1.29, 1.82) is 0 Å². The summed E-state index contributed by atoms with van der Waals surface area (Å²) in [6.45, 7) is 2.57. The first-order chi connectivity index (χ1) is 13.4. The fourth-order valence-electron chi connectivity index (χ4n) is 2.62. The van der Waals surface area contributed by atoms with Crippen LogP contribution in [0.1, 0.15) is 18.1 Å². The van der Waals surface area contributed by atoms with Crippen LogP contribution in [0, 0.1) is 10.1 Å². The average molecular weight is 418 g/mol. The van der Waals surface area contributed by atoms with Gasteiger partial charge in [0, 0.05) is 18.7 Å². The molecule has 9 heteroatoms. The van der Waals surface area contributed by atoms with E-state index < -0.39 is 4.92 Å². The fourth-order valence-corrected chi connectivity index (χ4v) is 3.19. The van der Waals surface area contributed by atoms with Gasteiger partial charge in [-0.3, -0.25) is 19.8 Å². The van der Waals surface area contributed by atoms with Gasteiger partial charge in [0.2, 0.25) is 0 Å². The van der Waals surface area contributed by atoms with Crippen molar-refractivity contribution in [1.82, 2.24) is 10.2 Å². The van der Waals surface area contributed by atoms with Crippen LogP contribution in [0.4, 0.5) is 5.69 Å². The molecule has 2 aromatic rings. The summed E-state index contributed by atoms with van der Waals surface area (Å²) in [5.41, 5.74) is 1.92. The van der Waals surface area contributed by atoms with Gasteiger partial charge >= 0.3 is 0 Å². The summed E-state index contributed by atoms with van der Waals surface area (Å²) in [6, 6.07) is 11.3. The fraction of sp³-hybridized carbons (Fsp3) is 0.158. The topological polar surface area (TPSA) is 84.7 Å². The number of nitro groups is 1. The quantitative estimate of drug-likeness (QED) is 0.332. The minimum absolute atomic E-state index is 0.0235. The summed E-state index contributed by atoms with van der Waals surface area (Å²) in [4.78, 5) is 23.9. The number of likely N-dealkylation sites (N-methyl/N-ethyl adjacent to an activating group) is 1. The molecule has 144 valence electrons. The zero-order valence-electron chi connectivity index (χ0n) is 14.8. The number of nitrogens with one attached hydrogen (secondary N) is 1. The number of carbonyl (C=O) groups is 1. The molecule has 2 aromatic carbocycles. The van der Waals surface area contributed by atoms with E-state index >= 15 is 0 Å². The van der Waals surface area contributed by atoms with Gasteiger partial charge in [0.15, 0.2) is 5.11 Å². The van der Waals surface area contributed by atoms with Gasteiger partial charge in [-0.1, -0.05) is 17.7 Å². The Morgan fingerprint density at radius 2 is 2.00 bits per heavy atom. The third-order valence-electron chi connectivity index (χ3n) is 4.09. The number of carbonyl (C=O) groups excluding carboxylic acids is 1. The maximum absolute atomic E-state index is 12.2. The lowest BCUT2D eigenvalue weighted by Gasteiger charge is -2.09. The van der Waals surface area contributed by atoms with Crippen LogP contribution in [0.15, 0.2) is 48.2 Å². The largest absolute Gasteiger partial charge is 0.487 e. The van der Waals surface area contributed by atoms with Gasteiger partial charge in [-0.25, -0.2) is 0 Å². The molecule has 0 radical (unpaired) electrons. The first-order valence-electron chi connectivity index (χ1n) is 8.39. The van der Waals surface area contributed by atoms with Crippen molar-refractivity contribution in [2.24, 2.45) is 0 Å². The van der Waals surface area contributed by atoms with Gasteiger partial charge in [-0.15, -0.1) is 0 Å². The Kier molecular flexibility index (Phi) is 5.91. The van der Waals surface area contributed by atoms with Crippen LogP contribution in [0.2, 0.25) is 5.02 Å². The Hall–Kier alpha value is -2.97.